The topological polar surface area (TPSA) is 38.3 Å². The van der Waals surface area contributed by atoms with Crippen molar-refractivity contribution in [2.75, 3.05) is 7.11 Å². The minimum absolute atomic E-state index is 0.167. The second kappa shape index (κ2) is 7.54. The third-order valence-electron chi connectivity index (χ3n) is 4.27. The molecule has 1 atom stereocenters. The lowest BCUT2D eigenvalue weighted by molar-refractivity contribution is -0.115. The Hall–Kier alpha value is -2.26. The lowest BCUT2D eigenvalue weighted by Crippen LogP contribution is -2.21. The summed E-state index contributed by atoms with van der Waals surface area (Å²) in [6.45, 7) is 0.686. The quantitative estimate of drug-likeness (QED) is 0.872. The van der Waals surface area contributed by atoms with Gasteiger partial charge in [0.25, 0.3) is 0 Å². The number of rotatable bonds is 5. The van der Waals surface area contributed by atoms with Crippen molar-refractivity contribution < 1.29 is 9.53 Å². The van der Waals surface area contributed by atoms with Crippen molar-refractivity contribution in [3.8, 4) is 5.75 Å². The summed E-state index contributed by atoms with van der Waals surface area (Å²) in [7, 11) is 1.65. The average Bonchev–Trinajstić information content (AvgIpc) is 2.61. The molecule has 1 aliphatic rings. The molecule has 2 aromatic rings. The molecular weight excluding hydrogens is 322 g/mol. The van der Waals surface area contributed by atoms with Crippen molar-refractivity contribution in [2.24, 2.45) is 0 Å². The molecule has 0 fully saturated rings. The van der Waals surface area contributed by atoms with E-state index in [0.29, 0.717) is 13.0 Å². The van der Waals surface area contributed by atoms with Crippen molar-refractivity contribution >= 4 is 17.4 Å². The van der Waals surface area contributed by atoms with Gasteiger partial charge in [0.1, 0.15) is 5.75 Å². The van der Waals surface area contributed by atoms with Crippen molar-refractivity contribution in [3.63, 3.8) is 0 Å². The highest BCUT2D eigenvalue weighted by Gasteiger charge is 2.22. The summed E-state index contributed by atoms with van der Waals surface area (Å²) in [5, 5.41) is 4.11. The van der Waals surface area contributed by atoms with E-state index in [2.05, 4.69) is 5.32 Å². The molecule has 0 spiro atoms. The summed E-state index contributed by atoms with van der Waals surface area (Å²) in [5.74, 6) is 1.21. The maximum atomic E-state index is 12.1. The number of carbonyl (C=O) groups excluding carboxylic acids is 1. The average molecular weight is 342 g/mol. The van der Waals surface area contributed by atoms with Gasteiger partial charge in [-0.2, -0.15) is 0 Å². The fourth-order valence-electron chi connectivity index (χ4n) is 2.95. The van der Waals surface area contributed by atoms with Crippen molar-refractivity contribution in [1.29, 1.82) is 0 Å². The van der Waals surface area contributed by atoms with Crippen molar-refractivity contribution in [3.05, 3.63) is 76.5 Å². The Kier molecular flexibility index (Phi) is 5.21. The van der Waals surface area contributed by atoms with E-state index in [-0.39, 0.29) is 11.7 Å². The molecule has 1 N–H and O–H groups in total. The number of ketones is 1. The zero-order chi connectivity index (χ0) is 16.9. The van der Waals surface area contributed by atoms with Crippen LogP contribution in [0.4, 0.5) is 0 Å². The number of hydrogen-bond acceptors (Lipinski definition) is 3. The number of halogens is 1. The molecule has 3 nitrogen and oxygen atoms in total. The Labute approximate surface area is 147 Å². The largest absolute Gasteiger partial charge is 0.497 e. The van der Waals surface area contributed by atoms with Gasteiger partial charge in [-0.05, 0) is 47.7 Å². The second-order valence-corrected chi connectivity index (χ2v) is 6.43. The van der Waals surface area contributed by atoms with Crippen LogP contribution < -0.4 is 10.1 Å². The highest BCUT2D eigenvalue weighted by atomic mass is 35.5. The Morgan fingerprint density at radius 3 is 2.46 bits per heavy atom. The normalized spacial score (nSPS) is 17.3. The molecular formula is C20H20ClNO2. The van der Waals surface area contributed by atoms with Gasteiger partial charge in [0.05, 0.1) is 7.11 Å². The SMILES string of the molecule is COc1ccc(C2CC(=O)C=C(NCc3ccc(Cl)cc3)C2)cc1. The van der Waals surface area contributed by atoms with Crippen LogP contribution in [0, 0.1) is 0 Å². The molecule has 4 heteroatoms. The molecule has 0 bridgehead atoms. The highest BCUT2D eigenvalue weighted by Crippen LogP contribution is 2.31. The maximum Gasteiger partial charge on any atom is 0.158 e. The summed E-state index contributed by atoms with van der Waals surface area (Å²) in [6, 6.07) is 15.7. The molecule has 0 aromatic heterocycles. The summed E-state index contributed by atoms with van der Waals surface area (Å²) in [6.07, 6.45) is 3.13. The first-order chi connectivity index (χ1) is 11.6. The molecule has 1 aliphatic carbocycles. The molecule has 0 aliphatic heterocycles. The number of ether oxygens (including phenoxy) is 1. The third kappa shape index (κ3) is 4.18. The van der Waals surface area contributed by atoms with Crippen molar-refractivity contribution in [2.45, 2.75) is 25.3 Å². The number of carbonyl (C=O) groups is 1. The molecule has 1 unspecified atom stereocenters. The van der Waals surface area contributed by atoms with Gasteiger partial charge in [0, 0.05) is 29.8 Å². The van der Waals surface area contributed by atoms with Crippen LogP contribution in [-0.2, 0) is 11.3 Å². The lowest BCUT2D eigenvalue weighted by Gasteiger charge is -2.23. The number of benzene rings is 2. The minimum Gasteiger partial charge on any atom is -0.497 e. The maximum absolute atomic E-state index is 12.1. The number of nitrogens with one attached hydrogen (secondary N) is 1. The van der Waals surface area contributed by atoms with Gasteiger partial charge < -0.3 is 10.1 Å². The van der Waals surface area contributed by atoms with E-state index < -0.39 is 0 Å². The Bertz CT molecular complexity index is 735. The van der Waals surface area contributed by atoms with Gasteiger partial charge in [-0.3, -0.25) is 4.79 Å². The molecule has 0 saturated carbocycles. The van der Waals surface area contributed by atoms with E-state index in [1.165, 1.54) is 5.56 Å². The van der Waals surface area contributed by atoms with Gasteiger partial charge in [-0.25, -0.2) is 0 Å². The monoisotopic (exact) mass is 341 g/mol. The molecule has 24 heavy (non-hydrogen) atoms. The van der Waals surface area contributed by atoms with E-state index in [4.69, 9.17) is 16.3 Å². The van der Waals surface area contributed by atoms with Crippen molar-refractivity contribution in [1.82, 2.24) is 5.32 Å². The molecule has 0 amide bonds. The van der Waals surface area contributed by atoms with Crippen LogP contribution in [0.3, 0.4) is 0 Å². The van der Waals surface area contributed by atoms with Gasteiger partial charge in [0.15, 0.2) is 5.78 Å². The van der Waals surface area contributed by atoms with E-state index >= 15 is 0 Å². The van der Waals surface area contributed by atoms with E-state index in [0.717, 1.165) is 28.5 Å². The Morgan fingerprint density at radius 2 is 1.79 bits per heavy atom. The smallest absolute Gasteiger partial charge is 0.158 e. The zero-order valence-corrected chi connectivity index (χ0v) is 14.3. The van der Waals surface area contributed by atoms with Crippen LogP contribution in [0.25, 0.3) is 0 Å². The van der Waals surface area contributed by atoms with Gasteiger partial charge in [0.2, 0.25) is 0 Å². The number of allylic oxidation sites excluding steroid dienone is 2. The molecule has 124 valence electrons. The van der Waals surface area contributed by atoms with E-state index in [1.807, 2.05) is 48.5 Å². The predicted molar refractivity (Wildman–Crippen MR) is 96.4 cm³/mol. The van der Waals surface area contributed by atoms with Crippen LogP contribution in [0.15, 0.2) is 60.3 Å². The first kappa shape index (κ1) is 16.6. The van der Waals surface area contributed by atoms with Crippen LogP contribution in [0.1, 0.15) is 29.9 Å². The van der Waals surface area contributed by atoms with E-state index in [9.17, 15) is 4.79 Å². The molecule has 0 heterocycles. The summed E-state index contributed by atoms with van der Waals surface area (Å²) >= 11 is 5.90. The van der Waals surface area contributed by atoms with Crippen LogP contribution in [0.5, 0.6) is 5.75 Å². The fraction of sp³-hybridized carbons (Fsp3) is 0.250. The molecule has 3 rings (SSSR count). The summed E-state index contributed by atoms with van der Waals surface area (Å²) < 4.78 is 5.19. The zero-order valence-electron chi connectivity index (χ0n) is 13.6. The van der Waals surface area contributed by atoms with Crippen LogP contribution in [-0.4, -0.2) is 12.9 Å². The van der Waals surface area contributed by atoms with Crippen LogP contribution >= 0.6 is 11.6 Å². The summed E-state index contributed by atoms with van der Waals surface area (Å²) in [4.78, 5) is 12.1. The summed E-state index contributed by atoms with van der Waals surface area (Å²) in [5.41, 5.74) is 3.30. The highest BCUT2D eigenvalue weighted by molar-refractivity contribution is 6.30. The van der Waals surface area contributed by atoms with Gasteiger partial charge in [-0.1, -0.05) is 35.9 Å². The fourth-order valence-corrected chi connectivity index (χ4v) is 3.07. The standard InChI is InChI=1S/C20H20ClNO2/c1-24-20-8-4-15(5-9-20)16-10-18(12-19(23)11-16)22-13-14-2-6-17(21)7-3-14/h2-9,12,16,22H,10-11,13H2,1H3. The van der Waals surface area contributed by atoms with E-state index in [1.54, 1.807) is 13.2 Å². The van der Waals surface area contributed by atoms with Gasteiger partial charge >= 0.3 is 0 Å². The Balaban J connectivity index is 1.65. The van der Waals surface area contributed by atoms with Crippen LogP contribution in [0.2, 0.25) is 5.02 Å². The second-order valence-electron chi connectivity index (χ2n) is 5.99. The molecule has 2 aromatic carbocycles. The number of methoxy groups -OCH3 is 1. The predicted octanol–water partition coefficient (Wildman–Crippen LogP) is 4.47. The first-order valence-electron chi connectivity index (χ1n) is 7.99. The number of hydrogen-bond donors (Lipinski definition) is 1. The molecule has 0 saturated heterocycles. The minimum atomic E-state index is 0.167. The Morgan fingerprint density at radius 1 is 1.08 bits per heavy atom. The molecule has 0 radical (unpaired) electrons. The lowest BCUT2D eigenvalue weighted by atomic mass is 9.85. The first-order valence-corrected chi connectivity index (χ1v) is 8.37. The van der Waals surface area contributed by atoms with Gasteiger partial charge in [-0.15, -0.1) is 0 Å². The third-order valence-corrected chi connectivity index (χ3v) is 4.52.